The molecule has 21 heavy (non-hydrogen) atoms. The third-order valence-corrected chi connectivity index (χ3v) is 3.02. The zero-order valence-electron chi connectivity index (χ0n) is 11.0. The van der Waals surface area contributed by atoms with Crippen LogP contribution in [0.25, 0.3) is 0 Å². The minimum Gasteiger partial charge on any atom is -0.481 e. The highest BCUT2D eigenvalue weighted by molar-refractivity contribution is 9.10. The molecule has 0 saturated heterocycles. The fraction of sp³-hybridized carbons (Fsp3) is 0.385. The van der Waals surface area contributed by atoms with Crippen LogP contribution in [-0.4, -0.2) is 17.0 Å². The molecule has 8 heteroatoms. The van der Waals surface area contributed by atoms with E-state index in [1.54, 1.807) is 6.92 Å². The lowest BCUT2D eigenvalue weighted by molar-refractivity contribution is -0.138. The lowest BCUT2D eigenvalue weighted by Gasteiger charge is -2.12. The third kappa shape index (κ3) is 6.16. The highest BCUT2D eigenvalue weighted by atomic mass is 79.9. The first-order valence-electron chi connectivity index (χ1n) is 5.97. The molecule has 4 nitrogen and oxygen atoms in total. The van der Waals surface area contributed by atoms with E-state index in [2.05, 4.69) is 21.2 Å². The Balaban J connectivity index is 2.77. The molecule has 0 aliphatic carbocycles. The van der Waals surface area contributed by atoms with Gasteiger partial charge in [-0.3, -0.25) is 9.59 Å². The third-order valence-electron chi connectivity index (χ3n) is 2.57. The van der Waals surface area contributed by atoms with Gasteiger partial charge in [0.05, 0.1) is 5.56 Å². The molecule has 0 fully saturated rings. The number of alkyl halides is 3. The summed E-state index contributed by atoms with van der Waals surface area (Å²) in [6, 6.07) is 3.07. The van der Waals surface area contributed by atoms with E-state index in [0.717, 1.165) is 12.1 Å². The number of aliphatic carboxylic acids is 1. The Kier molecular flexibility index (Phi) is 5.77. The van der Waals surface area contributed by atoms with Gasteiger partial charge in [-0.15, -0.1) is 0 Å². The molecule has 1 unspecified atom stereocenters. The highest BCUT2D eigenvalue weighted by Crippen LogP contribution is 2.33. The Labute approximate surface area is 127 Å². The maximum absolute atomic E-state index is 12.6. The molecule has 1 atom stereocenters. The predicted molar refractivity (Wildman–Crippen MR) is 73.8 cm³/mol. The second-order valence-corrected chi connectivity index (χ2v) is 5.60. The quantitative estimate of drug-likeness (QED) is 0.828. The predicted octanol–water partition coefficient (Wildman–Crippen LogP) is 3.91. The smallest absolute Gasteiger partial charge is 0.416 e. The summed E-state index contributed by atoms with van der Waals surface area (Å²) in [5, 5.41) is 10.9. The summed E-state index contributed by atoms with van der Waals surface area (Å²) >= 11 is 2.95. The molecule has 0 heterocycles. The lowest BCUT2D eigenvalue weighted by atomic mass is 10.0. The first-order valence-corrected chi connectivity index (χ1v) is 6.76. The molecule has 0 aliphatic heterocycles. The van der Waals surface area contributed by atoms with Crippen LogP contribution in [0, 0.1) is 5.92 Å². The van der Waals surface area contributed by atoms with Gasteiger partial charge in [-0.25, -0.2) is 0 Å². The van der Waals surface area contributed by atoms with Crippen LogP contribution in [0.1, 0.15) is 25.3 Å². The zero-order chi connectivity index (χ0) is 16.2. The minimum atomic E-state index is -4.51. The standard InChI is InChI=1S/C13H13BrF3NO3/c1-7(3-12(20)21)2-11(19)18-10-5-8(13(15,16)17)4-9(14)6-10/h4-7H,2-3H2,1H3,(H,18,19)(H,20,21). The fourth-order valence-electron chi connectivity index (χ4n) is 1.72. The summed E-state index contributed by atoms with van der Waals surface area (Å²) in [6.07, 6.45) is -4.78. The van der Waals surface area contributed by atoms with E-state index in [0.29, 0.717) is 0 Å². The number of amides is 1. The van der Waals surface area contributed by atoms with Gasteiger partial charge in [0.2, 0.25) is 5.91 Å². The number of halogens is 4. The van der Waals surface area contributed by atoms with Crippen LogP contribution in [0.5, 0.6) is 0 Å². The van der Waals surface area contributed by atoms with Gasteiger partial charge in [-0.1, -0.05) is 22.9 Å². The average Bonchev–Trinajstić information content (AvgIpc) is 2.24. The Morgan fingerprint density at radius 3 is 2.43 bits per heavy atom. The molecule has 1 aromatic rings. The lowest BCUT2D eigenvalue weighted by Crippen LogP contribution is -2.17. The highest BCUT2D eigenvalue weighted by Gasteiger charge is 2.31. The number of rotatable bonds is 5. The van der Waals surface area contributed by atoms with E-state index >= 15 is 0 Å². The first-order chi connectivity index (χ1) is 9.57. The molecule has 0 bridgehead atoms. The van der Waals surface area contributed by atoms with Gasteiger partial charge in [0, 0.05) is 23.0 Å². The van der Waals surface area contributed by atoms with Gasteiger partial charge in [0.25, 0.3) is 0 Å². The van der Waals surface area contributed by atoms with Crippen molar-refractivity contribution in [3.8, 4) is 0 Å². The van der Waals surface area contributed by atoms with E-state index in [-0.39, 0.29) is 23.0 Å². The molecule has 0 spiro atoms. The number of hydrogen-bond acceptors (Lipinski definition) is 2. The average molecular weight is 368 g/mol. The second kappa shape index (κ2) is 6.93. The van der Waals surface area contributed by atoms with Crippen molar-refractivity contribution < 1.29 is 27.9 Å². The minimum absolute atomic E-state index is 0.00391. The van der Waals surface area contributed by atoms with Crippen LogP contribution in [0.4, 0.5) is 18.9 Å². The van der Waals surface area contributed by atoms with Crippen molar-refractivity contribution in [3.05, 3.63) is 28.2 Å². The Morgan fingerprint density at radius 2 is 1.90 bits per heavy atom. The van der Waals surface area contributed by atoms with E-state index in [1.165, 1.54) is 6.07 Å². The molecule has 116 valence electrons. The molecule has 0 aliphatic rings. The summed E-state index contributed by atoms with van der Waals surface area (Å²) in [5.74, 6) is -1.97. The molecule has 0 aromatic heterocycles. The van der Waals surface area contributed by atoms with Crippen LogP contribution in [0.2, 0.25) is 0 Å². The summed E-state index contributed by atoms with van der Waals surface area (Å²) < 4.78 is 38.1. The van der Waals surface area contributed by atoms with Crippen LogP contribution >= 0.6 is 15.9 Å². The van der Waals surface area contributed by atoms with E-state index in [9.17, 15) is 22.8 Å². The molecule has 1 aromatic carbocycles. The van der Waals surface area contributed by atoms with E-state index in [4.69, 9.17) is 5.11 Å². The topological polar surface area (TPSA) is 66.4 Å². The van der Waals surface area contributed by atoms with Crippen LogP contribution in [-0.2, 0) is 15.8 Å². The molecule has 1 amide bonds. The number of anilines is 1. The fourth-order valence-corrected chi connectivity index (χ4v) is 2.22. The van der Waals surface area contributed by atoms with Crippen molar-refractivity contribution in [2.24, 2.45) is 5.92 Å². The maximum Gasteiger partial charge on any atom is 0.416 e. The molecule has 0 radical (unpaired) electrons. The molecule has 2 N–H and O–H groups in total. The normalized spacial score (nSPS) is 12.8. The van der Waals surface area contributed by atoms with Gasteiger partial charge >= 0.3 is 12.1 Å². The van der Waals surface area contributed by atoms with Gasteiger partial charge in [0.1, 0.15) is 0 Å². The Hall–Kier alpha value is -1.57. The molecular formula is C13H13BrF3NO3. The van der Waals surface area contributed by atoms with Crippen molar-refractivity contribution in [2.75, 3.05) is 5.32 Å². The monoisotopic (exact) mass is 367 g/mol. The summed E-state index contributed by atoms with van der Waals surface area (Å²) in [5.41, 5.74) is -0.880. The Morgan fingerprint density at radius 1 is 1.29 bits per heavy atom. The van der Waals surface area contributed by atoms with Crippen molar-refractivity contribution in [1.82, 2.24) is 0 Å². The molecule has 1 rings (SSSR count). The van der Waals surface area contributed by atoms with Crippen molar-refractivity contribution in [1.29, 1.82) is 0 Å². The zero-order valence-corrected chi connectivity index (χ0v) is 12.6. The van der Waals surface area contributed by atoms with Crippen molar-refractivity contribution in [3.63, 3.8) is 0 Å². The van der Waals surface area contributed by atoms with Gasteiger partial charge in [0.15, 0.2) is 0 Å². The number of carboxylic acids is 1. The Bertz CT molecular complexity index is 546. The summed E-state index contributed by atoms with van der Waals surface area (Å²) in [6.45, 7) is 1.58. The van der Waals surface area contributed by atoms with E-state index < -0.39 is 29.5 Å². The maximum atomic E-state index is 12.6. The van der Waals surface area contributed by atoms with Crippen LogP contribution in [0.15, 0.2) is 22.7 Å². The van der Waals surface area contributed by atoms with Gasteiger partial charge in [-0.2, -0.15) is 13.2 Å². The summed E-state index contributed by atoms with van der Waals surface area (Å²) in [4.78, 5) is 22.2. The number of nitrogens with one attached hydrogen (secondary N) is 1. The van der Waals surface area contributed by atoms with Gasteiger partial charge in [-0.05, 0) is 24.1 Å². The number of carbonyl (C=O) groups excluding carboxylic acids is 1. The number of carboxylic acid groups (broad SMARTS) is 1. The number of hydrogen-bond donors (Lipinski definition) is 2. The number of benzene rings is 1. The number of carbonyl (C=O) groups is 2. The molecular weight excluding hydrogens is 355 g/mol. The van der Waals surface area contributed by atoms with E-state index in [1.807, 2.05) is 0 Å². The van der Waals surface area contributed by atoms with Gasteiger partial charge < -0.3 is 10.4 Å². The molecule has 0 saturated carbocycles. The summed E-state index contributed by atoms with van der Waals surface area (Å²) in [7, 11) is 0. The SMILES string of the molecule is CC(CC(=O)O)CC(=O)Nc1cc(Br)cc(C(F)(F)F)c1. The second-order valence-electron chi connectivity index (χ2n) is 4.68. The van der Waals surface area contributed by atoms with Crippen molar-refractivity contribution >= 4 is 33.5 Å². The van der Waals surface area contributed by atoms with Crippen LogP contribution in [0.3, 0.4) is 0 Å². The van der Waals surface area contributed by atoms with Crippen LogP contribution < -0.4 is 5.32 Å². The first kappa shape index (κ1) is 17.5. The van der Waals surface area contributed by atoms with Crippen molar-refractivity contribution in [2.45, 2.75) is 25.9 Å². The largest absolute Gasteiger partial charge is 0.481 e.